The smallest absolute Gasteiger partial charge is 0.277 e. The number of nitrogens with zero attached hydrogens (tertiary/aromatic N) is 2. The molecule has 1 fully saturated rings. The van der Waals surface area contributed by atoms with E-state index < -0.39 is 0 Å². The van der Waals surface area contributed by atoms with Gasteiger partial charge in [-0.25, -0.2) is 4.99 Å². The van der Waals surface area contributed by atoms with Crippen LogP contribution >= 0.6 is 0 Å². The lowest BCUT2D eigenvalue weighted by Crippen LogP contribution is -2.21. The Labute approximate surface area is 153 Å². The third kappa shape index (κ3) is 3.10. The molecule has 0 unspecified atom stereocenters. The molecule has 2 aromatic rings. The van der Waals surface area contributed by atoms with Crippen molar-refractivity contribution >= 4 is 17.3 Å². The molecule has 126 valence electrons. The molecule has 0 atom stereocenters. The molecule has 2 aromatic carbocycles. The molecule has 0 N–H and O–H groups in total. The van der Waals surface area contributed by atoms with E-state index >= 15 is 0 Å². The van der Waals surface area contributed by atoms with Crippen LogP contribution in [0.15, 0.2) is 83.0 Å². The van der Waals surface area contributed by atoms with Crippen molar-refractivity contribution in [3.63, 3.8) is 0 Å². The van der Waals surface area contributed by atoms with Gasteiger partial charge in [0.15, 0.2) is 0 Å². The summed E-state index contributed by atoms with van der Waals surface area (Å²) in [7, 11) is 1.80. The van der Waals surface area contributed by atoms with Crippen molar-refractivity contribution in [3.05, 3.63) is 89.1 Å². The van der Waals surface area contributed by atoms with Crippen molar-refractivity contribution in [2.75, 3.05) is 7.05 Å². The fraction of sp³-hybridized carbons (Fsp3) is 0.130. The minimum Gasteiger partial charge on any atom is -0.310 e. The first-order chi connectivity index (χ1) is 12.7. The summed E-state index contributed by atoms with van der Waals surface area (Å²) in [5, 5.41) is 0. The van der Waals surface area contributed by atoms with Gasteiger partial charge in [-0.3, -0.25) is 4.79 Å². The molecule has 0 bridgehead atoms. The average Bonchev–Trinajstić information content (AvgIpc) is 2.93. The van der Waals surface area contributed by atoms with Crippen molar-refractivity contribution in [2.45, 2.75) is 12.8 Å². The Morgan fingerprint density at radius 2 is 1.54 bits per heavy atom. The minimum atomic E-state index is -0.0441. The maximum atomic E-state index is 12.5. The van der Waals surface area contributed by atoms with Gasteiger partial charge in [-0.1, -0.05) is 42.2 Å². The van der Waals surface area contributed by atoms with E-state index in [1.165, 1.54) is 0 Å². The molecule has 3 heteroatoms. The molecule has 3 nitrogen and oxygen atoms in total. The zero-order valence-electron chi connectivity index (χ0n) is 14.6. The first kappa shape index (κ1) is 16.1. The van der Waals surface area contributed by atoms with Crippen molar-refractivity contribution < 1.29 is 4.79 Å². The van der Waals surface area contributed by atoms with Gasteiger partial charge >= 0.3 is 0 Å². The molecule has 2 aliphatic rings. The summed E-state index contributed by atoms with van der Waals surface area (Å²) in [6, 6.07) is 17.6. The molecule has 26 heavy (non-hydrogen) atoms. The first-order valence-electron chi connectivity index (χ1n) is 8.67. The summed E-state index contributed by atoms with van der Waals surface area (Å²) >= 11 is 0. The van der Waals surface area contributed by atoms with Crippen LogP contribution in [0, 0.1) is 11.8 Å². The molecule has 0 saturated carbocycles. The SMILES string of the molecule is CN1C(=O)/C(=N/c2ccc(C#Cc3ccccc3)cc2)C2=CCCC=C21. The number of likely N-dealkylation sites (tertiary alicyclic amines) is 1. The lowest BCUT2D eigenvalue weighted by atomic mass is 10.0. The number of fused-ring (bicyclic) bond motifs is 1. The highest BCUT2D eigenvalue weighted by Gasteiger charge is 2.34. The van der Waals surface area contributed by atoms with Crippen LogP contribution in [0.25, 0.3) is 0 Å². The molecule has 0 aromatic heterocycles. The topological polar surface area (TPSA) is 32.7 Å². The van der Waals surface area contributed by atoms with Crippen LogP contribution in [0.1, 0.15) is 24.0 Å². The van der Waals surface area contributed by atoms with Gasteiger partial charge in [-0.05, 0) is 49.2 Å². The maximum absolute atomic E-state index is 12.5. The van der Waals surface area contributed by atoms with E-state index in [2.05, 4.69) is 29.0 Å². The highest BCUT2D eigenvalue weighted by atomic mass is 16.2. The van der Waals surface area contributed by atoms with E-state index in [1.54, 1.807) is 11.9 Å². The number of rotatable bonds is 1. The fourth-order valence-corrected chi connectivity index (χ4v) is 3.10. The zero-order chi connectivity index (χ0) is 17.9. The van der Waals surface area contributed by atoms with Crippen LogP contribution in [-0.4, -0.2) is 23.6 Å². The molecule has 0 radical (unpaired) electrons. The quantitative estimate of drug-likeness (QED) is 0.716. The number of allylic oxidation sites excluding steroid dienone is 3. The van der Waals surface area contributed by atoms with Crippen LogP contribution in [0.4, 0.5) is 5.69 Å². The highest BCUT2D eigenvalue weighted by molar-refractivity contribution is 6.50. The van der Waals surface area contributed by atoms with Gasteiger partial charge in [-0.15, -0.1) is 0 Å². The Hall–Kier alpha value is -3.38. The van der Waals surface area contributed by atoms with Crippen molar-refractivity contribution in [1.29, 1.82) is 0 Å². The molecular weight excluding hydrogens is 320 g/mol. The summed E-state index contributed by atoms with van der Waals surface area (Å²) in [6.45, 7) is 0. The number of carbonyl (C=O) groups is 1. The maximum Gasteiger partial charge on any atom is 0.277 e. The van der Waals surface area contributed by atoms with Gasteiger partial charge in [0.05, 0.1) is 5.69 Å². The van der Waals surface area contributed by atoms with E-state index in [0.717, 1.165) is 40.9 Å². The van der Waals surface area contributed by atoms with E-state index in [-0.39, 0.29) is 5.91 Å². The van der Waals surface area contributed by atoms with Crippen molar-refractivity contribution in [2.24, 2.45) is 4.99 Å². The van der Waals surface area contributed by atoms with Gasteiger partial charge in [0.2, 0.25) is 0 Å². The number of benzene rings is 2. The largest absolute Gasteiger partial charge is 0.310 e. The number of carbonyl (C=O) groups excluding carboxylic acids is 1. The van der Waals surface area contributed by atoms with Gasteiger partial charge in [0, 0.05) is 29.4 Å². The number of hydrogen-bond donors (Lipinski definition) is 0. The third-order valence-corrected chi connectivity index (χ3v) is 4.49. The normalized spacial score (nSPS) is 17.3. The molecular formula is C23H18N2O. The molecule has 4 rings (SSSR count). The zero-order valence-corrected chi connectivity index (χ0v) is 14.6. The monoisotopic (exact) mass is 338 g/mol. The van der Waals surface area contributed by atoms with Crippen molar-refractivity contribution in [3.8, 4) is 11.8 Å². The second kappa shape index (κ2) is 6.85. The second-order valence-corrected chi connectivity index (χ2v) is 6.27. The summed E-state index contributed by atoms with van der Waals surface area (Å²) in [6.07, 6.45) is 6.14. The van der Waals surface area contributed by atoms with Crippen molar-refractivity contribution in [1.82, 2.24) is 4.90 Å². The van der Waals surface area contributed by atoms with Crippen LogP contribution in [0.2, 0.25) is 0 Å². The lowest BCUT2D eigenvalue weighted by Gasteiger charge is -2.12. The molecule has 1 aliphatic heterocycles. The summed E-state index contributed by atoms with van der Waals surface area (Å²) < 4.78 is 0. The molecule has 1 amide bonds. The fourth-order valence-electron chi connectivity index (χ4n) is 3.10. The first-order valence-corrected chi connectivity index (χ1v) is 8.67. The lowest BCUT2D eigenvalue weighted by molar-refractivity contribution is -0.120. The van der Waals surface area contributed by atoms with Crippen LogP contribution < -0.4 is 0 Å². The van der Waals surface area contributed by atoms with Gasteiger partial charge < -0.3 is 4.90 Å². The Kier molecular flexibility index (Phi) is 4.25. The standard InChI is InChI=1S/C23H18N2O/c1-25-21-10-6-5-9-20(21)22(23(25)26)24-19-15-13-18(14-16-19)12-11-17-7-3-2-4-8-17/h2-4,7-10,13-16H,5-6H2,1H3/b24-22+. The van der Waals surface area contributed by atoms with E-state index in [4.69, 9.17) is 0 Å². The average molecular weight is 338 g/mol. The van der Waals surface area contributed by atoms with E-state index in [0.29, 0.717) is 5.71 Å². The van der Waals surface area contributed by atoms with Crippen LogP contribution in [-0.2, 0) is 4.79 Å². The predicted molar refractivity (Wildman–Crippen MR) is 104 cm³/mol. The predicted octanol–water partition coefficient (Wildman–Crippen LogP) is 4.24. The molecule has 1 heterocycles. The second-order valence-electron chi connectivity index (χ2n) is 6.27. The number of likely N-dealkylation sites (N-methyl/N-ethyl adjacent to an activating group) is 1. The Bertz CT molecular complexity index is 1000. The molecule has 1 saturated heterocycles. The van der Waals surface area contributed by atoms with E-state index in [9.17, 15) is 4.79 Å². The van der Waals surface area contributed by atoms with Crippen LogP contribution in [0.5, 0.6) is 0 Å². The molecule has 1 aliphatic carbocycles. The highest BCUT2D eigenvalue weighted by Crippen LogP contribution is 2.31. The van der Waals surface area contributed by atoms with E-state index in [1.807, 2.05) is 54.6 Å². The van der Waals surface area contributed by atoms with Crippen LogP contribution in [0.3, 0.4) is 0 Å². The summed E-state index contributed by atoms with van der Waals surface area (Å²) in [4.78, 5) is 18.8. The summed E-state index contributed by atoms with van der Waals surface area (Å²) in [5.41, 5.74) is 5.13. The third-order valence-electron chi connectivity index (χ3n) is 4.49. The van der Waals surface area contributed by atoms with Gasteiger partial charge in [-0.2, -0.15) is 0 Å². The van der Waals surface area contributed by atoms with Gasteiger partial charge in [0.1, 0.15) is 5.71 Å². The Morgan fingerprint density at radius 1 is 0.885 bits per heavy atom. The number of amides is 1. The molecule has 0 spiro atoms. The minimum absolute atomic E-state index is 0.0441. The Morgan fingerprint density at radius 3 is 2.27 bits per heavy atom. The van der Waals surface area contributed by atoms with Gasteiger partial charge in [0.25, 0.3) is 5.91 Å². The number of aliphatic imine (C=N–C) groups is 1. The number of hydrogen-bond acceptors (Lipinski definition) is 2. The Balaban J connectivity index is 1.59. The summed E-state index contributed by atoms with van der Waals surface area (Å²) in [5.74, 6) is 6.25.